The van der Waals surface area contributed by atoms with Crippen LogP contribution in [0.5, 0.6) is 5.75 Å². The lowest BCUT2D eigenvalue weighted by atomic mass is 10.1. The Bertz CT molecular complexity index is 482. The van der Waals surface area contributed by atoms with E-state index in [4.69, 9.17) is 9.47 Å². The highest BCUT2D eigenvalue weighted by molar-refractivity contribution is 6.33. The molecule has 0 spiro atoms. The van der Waals surface area contributed by atoms with Gasteiger partial charge in [0.05, 0.1) is 13.2 Å². The predicted molar refractivity (Wildman–Crippen MR) is 91.0 cm³/mol. The van der Waals surface area contributed by atoms with E-state index in [-0.39, 0.29) is 0 Å². The van der Waals surface area contributed by atoms with Gasteiger partial charge in [-0.3, -0.25) is 9.59 Å². The van der Waals surface area contributed by atoms with E-state index in [2.05, 4.69) is 13.8 Å². The Kier molecular flexibility index (Phi) is 9.96. The molecule has 0 fully saturated rings. The Morgan fingerprint density at radius 2 is 1.74 bits per heavy atom. The average molecular weight is 320 g/mol. The number of ketones is 1. The van der Waals surface area contributed by atoms with Crippen LogP contribution in [0.2, 0.25) is 0 Å². The van der Waals surface area contributed by atoms with Crippen LogP contribution in [-0.2, 0) is 16.1 Å². The lowest BCUT2D eigenvalue weighted by Crippen LogP contribution is -2.06. The number of hydrogen-bond acceptors (Lipinski definition) is 4. The summed E-state index contributed by atoms with van der Waals surface area (Å²) < 4.78 is 11.5. The van der Waals surface area contributed by atoms with Gasteiger partial charge in [-0.25, -0.2) is 0 Å². The molecule has 1 rings (SSSR count). The average Bonchev–Trinajstić information content (AvgIpc) is 2.58. The minimum atomic E-state index is -0.519. The molecule has 0 aliphatic carbocycles. The number of unbranched alkanes of at least 4 members (excludes halogenated alkanes) is 4. The van der Waals surface area contributed by atoms with Gasteiger partial charge in [0.25, 0.3) is 0 Å². The smallest absolute Gasteiger partial charge is 0.225 e. The monoisotopic (exact) mass is 320 g/mol. The molecule has 0 N–H and O–H groups in total. The maximum absolute atomic E-state index is 11.5. The third-order valence-corrected chi connectivity index (χ3v) is 3.61. The highest BCUT2D eigenvalue weighted by Crippen LogP contribution is 2.22. The molecule has 4 heteroatoms. The van der Waals surface area contributed by atoms with Crippen LogP contribution in [0.25, 0.3) is 0 Å². The van der Waals surface area contributed by atoms with Crippen molar-refractivity contribution in [2.75, 3.05) is 13.2 Å². The number of rotatable bonds is 13. The predicted octanol–water partition coefficient (Wildman–Crippen LogP) is 4.34. The molecule has 1 aromatic carbocycles. The molecular weight excluding hydrogens is 292 g/mol. The van der Waals surface area contributed by atoms with E-state index in [0.29, 0.717) is 31.7 Å². The van der Waals surface area contributed by atoms with E-state index in [1.807, 2.05) is 0 Å². The summed E-state index contributed by atoms with van der Waals surface area (Å²) in [6, 6.07) is 5.09. The van der Waals surface area contributed by atoms with E-state index in [0.717, 1.165) is 49.8 Å². The Balaban J connectivity index is 2.69. The second-order valence-corrected chi connectivity index (χ2v) is 5.62. The van der Waals surface area contributed by atoms with Crippen molar-refractivity contribution in [1.29, 1.82) is 0 Å². The minimum Gasteiger partial charge on any atom is -0.493 e. The molecule has 0 saturated heterocycles. The molecule has 0 amide bonds. The molecule has 128 valence electrons. The zero-order chi connectivity index (χ0) is 16.9. The second kappa shape index (κ2) is 11.8. The van der Waals surface area contributed by atoms with Gasteiger partial charge >= 0.3 is 0 Å². The van der Waals surface area contributed by atoms with Crippen molar-refractivity contribution in [3.8, 4) is 5.75 Å². The summed E-state index contributed by atoms with van der Waals surface area (Å²) in [7, 11) is 0. The van der Waals surface area contributed by atoms with Crippen molar-refractivity contribution in [2.24, 2.45) is 0 Å². The molecule has 0 unspecified atom stereocenters. The standard InChI is InChI=1S/C19H28O4/c1-3-5-7-11-22-15-17-13-16(18(21)14-20)9-10-19(17)23-12-8-6-4-2/h9-10,13-14H,3-8,11-12,15H2,1-2H3. The van der Waals surface area contributed by atoms with Crippen LogP contribution in [0.15, 0.2) is 18.2 Å². The summed E-state index contributed by atoms with van der Waals surface area (Å²) in [5, 5.41) is 0. The zero-order valence-corrected chi connectivity index (χ0v) is 14.3. The number of Topliss-reactive ketones (excluding diaryl/α,β-unsaturated/α-hetero) is 1. The second-order valence-electron chi connectivity index (χ2n) is 5.62. The molecule has 0 atom stereocenters. The maximum atomic E-state index is 11.5. The van der Waals surface area contributed by atoms with Crippen molar-refractivity contribution in [3.05, 3.63) is 29.3 Å². The van der Waals surface area contributed by atoms with Crippen LogP contribution in [-0.4, -0.2) is 25.3 Å². The van der Waals surface area contributed by atoms with Crippen molar-refractivity contribution in [2.45, 2.75) is 59.0 Å². The molecule has 0 aliphatic heterocycles. The maximum Gasteiger partial charge on any atom is 0.225 e. The van der Waals surface area contributed by atoms with Gasteiger partial charge < -0.3 is 9.47 Å². The van der Waals surface area contributed by atoms with Gasteiger partial charge in [0.1, 0.15) is 5.75 Å². The van der Waals surface area contributed by atoms with Crippen molar-refractivity contribution < 1.29 is 19.1 Å². The third kappa shape index (κ3) is 7.42. The Hall–Kier alpha value is -1.68. The van der Waals surface area contributed by atoms with Crippen molar-refractivity contribution in [3.63, 3.8) is 0 Å². The minimum absolute atomic E-state index is 0.336. The first kappa shape index (κ1) is 19.4. The van der Waals surface area contributed by atoms with Crippen LogP contribution in [0.4, 0.5) is 0 Å². The van der Waals surface area contributed by atoms with Gasteiger partial charge in [-0.15, -0.1) is 0 Å². The number of carbonyl (C=O) groups excluding carboxylic acids is 2. The number of carbonyl (C=O) groups is 2. The van der Waals surface area contributed by atoms with E-state index in [9.17, 15) is 9.59 Å². The van der Waals surface area contributed by atoms with Crippen LogP contribution in [0.1, 0.15) is 68.3 Å². The van der Waals surface area contributed by atoms with E-state index in [1.54, 1.807) is 18.2 Å². The molecule has 4 nitrogen and oxygen atoms in total. The highest BCUT2D eigenvalue weighted by atomic mass is 16.5. The SMILES string of the molecule is CCCCCOCc1cc(C(=O)C=O)ccc1OCCCCC. The van der Waals surface area contributed by atoms with Crippen LogP contribution >= 0.6 is 0 Å². The van der Waals surface area contributed by atoms with Crippen molar-refractivity contribution in [1.82, 2.24) is 0 Å². The molecule has 23 heavy (non-hydrogen) atoms. The summed E-state index contributed by atoms with van der Waals surface area (Å²) in [5.74, 6) is 0.216. The number of aldehydes is 1. The molecule has 0 bridgehead atoms. The third-order valence-electron chi connectivity index (χ3n) is 3.61. The summed E-state index contributed by atoms with van der Waals surface area (Å²) in [5.41, 5.74) is 1.21. The van der Waals surface area contributed by atoms with Gasteiger partial charge in [-0.2, -0.15) is 0 Å². The Labute approximate surface area is 139 Å². The first-order chi connectivity index (χ1) is 11.2. The van der Waals surface area contributed by atoms with Gasteiger partial charge in [-0.1, -0.05) is 39.5 Å². The quantitative estimate of drug-likeness (QED) is 0.235. The van der Waals surface area contributed by atoms with Gasteiger partial charge in [0, 0.05) is 17.7 Å². The molecule has 0 aromatic heterocycles. The normalized spacial score (nSPS) is 10.5. The fraction of sp³-hybridized carbons (Fsp3) is 0.579. The molecule has 0 aliphatic rings. The van der Waals surface area contributed by atoms with Crippen LogP contribution in [0.3, 0.4) is 0 Å². The molecular formula is C19H28O4. The molecule has 1 aromatic rings. The van der Waals surface area contributed by atoms with E-state index < -0.39 is 5.78 Å². The lowest BCUT2D eigenvalue weighted by Gasteiger charge is -2.13. The van der Waals surface area contributed by atoms with Crippen LogP contribution < -0.4 is 4.74 Å². The van der Waals surface area contributed by atoms with Gasteiger partial charge in [-0.05, 0) is 31.0 Å². The van der Waals surface area contributed by atoms with E-state index >= 15 is 0 Å². The summed E-state index contributed by atoms with van der Waals surface area (Å²) in [6.45, 7) is 6.03. The summed E-state index contributed by atoms with van der Waals surface area (Å²) in [6.07, 6.45) is 6.93. The fourth-order valence-corrected chi connectivity index (χ4v) is 2.22. The number of ether oxygens (including phenoxy) is 2. The first-order valence-corrected chi connectivity index (χ1v) is 8.55. The van der Waals surface area contributed by atoms with Gasteiger partial charge in [0.2, 0.25) is 5.78 Å². The summed E-state index contributed by atoms with van der Waals surface area (Å²) in [4.78, 5) is 22.2. The highest BCUT2D eigenvalue weighted by Gasteiger charge is 2.10. The topological polar surface area (TPSA) is 52.6 Å². The molecule has 0 saturated carbocycles. The number of benzene rings is 1. The largest absolute Gasteiger partial charge is 0.493 e. The summed E-state index contributed by atoms with van der Waals surface area (Å²) >= 11 is 0. The van der Waals surface area contributed by atoms with Crippen molar-refractivity contribution >= 4 is 12.1 Å². The van der Waals surface area contributed by atoms with Crippen LogP contribution in [0, 0.1) is 0 Å². The Morgan fingerprint density at radius 1 is 1.04 bits per heavy atom. The van der Waals surface area contributed by atoms with E-state index in [1.165, 1.54) is 0 Å². The van der Waals surface area contributed by atoms with Gasteiger partial charge in [0.15, 0.2) is 6.29 Å². The molecule has 0 heterocycles. The molecule has 0 radical (unpaired) electrons. The fourth-order valence-electron chi connectivity index (χ4n) is 2.22. The Morgan fingerprint density at radius 3 is 2.39 bits per heavy atom. The lowest BCUT2D eigenvalue weighted by molar-refractivity contribution is -0.104. The zero-order valence-electron chi connectivity index (χ0n) is 14.3. The number of hydrogen-bond donors (Lipinski definition) is 0. The first-order valence-electron chi connectivity index (χ1n) is 8.55.